The molecule has 1 saturated heterocycles. The summed E-state index contributed by atoms with van der Waals surface area (Å²) in [6, 6.07) is 9.54. The van der Waals surface area contributed by atoms with Crippen LogP contribution in [0, 0.1) is 5.92 Å². The molecule has 3 rings (SSSR count). The number of rotatable bonds is 6. The molecule has 0 saturated carbocycles. The molecule has 0 aliphatic carbocycles. The molecule has 1 unspecified atom stereocenters. The molecule has 0 spiro atoms. The van der Waals surface area contributed by atoms with Crippen molar-refractivity contribution in [3.63, 3.8) is 0 Å². The van der Waals surface area contributed by atoms with Gasteiger partial charge < -0.3 is 15.1 Å². The maximum atomic E-state index is 12.6. The van der Waals surface area contributed by atoms with E-state index < -0.39 is 0 Å². The number of hydrogen-bond donors (Lipinski definition) is 1. The summed E-state index contributed by atoms with van der Waals surface area (Å²) in [5.41, 5.74) is 1.46. The molecule has 2 amide bonds. The summed E-state index contributed by atoms with van der Waals surface area (Å²) in [4.78, 5) is 33.0. The molecule has 1 atom stereocenters. The van der Waals surface area contributed by atoms with Crippen molar-refractivity contribution in [2.75, 3.05) is 39.0 Å². The Hall–Kier alpha value is -2.47. The van der Waals surface area contributed by atoms with E-state index in [1.165, 1.54) is 0 Å². The van der Waals surface area contributed by atoms with E-state index in [2.05, 4.69) is 15.2 Å². The number of amides is 2. The average Bonchev–Trinajstić information content (AvgIpc) is 2.96. The SMILES string of the molecule is CN(C)CCCN1CC(C(=O)Nc2cccc3cccnc23)CC1=O. The monoisotopic (exact) mass is 340 g/mol. The minimum absolute atomic E-state index is 0.0648. The molecule has 0 bridgehead atoms. The fraction of sp³-hybridized carbons (Fsp3) is 0.421. The third-order valence-electron chi connectivity index (χ3n) is 4.51. The van der Waals surface area contributed by atoms with Crippen LogP contribution in [0.5, 0.6) is 0 Å². The first-order valence-corrected chi connectivity index (χ1v) is 8.61. The second kappa shape index (κ2) is 7.61. The van der Waals surface area contributed by atoms with Crippen LogP contribution in [0.2, 0.25) is 0 Å². The van der Waals surface area contributed by atoms with E-state index in [1.807, 2.05) is 44.4 Å². The molecular formula is C19H24N4O2. The molecule has 6 heteroatoms. The summed E-state index contributed by atoms with van der Waals surface area (Å²) in [6.45, 7) is 2.13. The fourth-order valence-electron chi connectivity index (χ4n) is 3.18. The smallest absolute Gasteiger partial charge is 0.229 e. The lowest BCUT2D eigenvalue weighted by molar-refractivity contribution is -0.128. The number of likely N-dealkylation sites (tertiary alicyclic amines) is 1. The minimum atomic E-state index is -0.300. The number of pyridine rings is 1. The summed E-state index contributed by atoms with van der Waals surface area (Å²) in [6.07, 6.45) is 2.91. The van der Waals surface area contributed by atoms with Crippen LogP contribution in [0.3, 0.4) is 0 Å². The highest BCUT2D eigenvalue weighted by Gasteiger charge is 2.34. The van der Waals surface area contributed by atoms with Gasteiger partial charge in [0, 0.05) is 31.1 Å². The quantitative estimate of drug-likeness (QED) is 0.873. The van der Waals surface area contributed by atoms with Crippen LogP contribution in [-0.2, 0) is 9.59 Å². The van der Waals surface area contributed by atoms with Crippen LogP contribution < -0.4 is 5.32 Å². The van der Waals surface area contributed by atoms with Crippen molar-refractivity contribution < 1.29 is 9.59 Å². The number of para-hydroxylation sites is 1. The fourth-order valence-corrected chi connectivity index (χ4v) is 3.18. The predicted octanol–water partition coefficient (Wildman–Crippen LogP) is 1.97. The van der Waals surface area contributed by atoms with E-state index in [9.17, 15) is 9.59 Å². The Balaban J connectivity index is 1.63. The lowest BCUT2D eigenvalue weighted by Crippen LogP contribution is -2.30. The molecule has 132 valence electrons. The molecule has 6 nitrogen and oxygen atoms in total. The molecule has 1 aromatic carbocycles. The van der Waals surface area contributed by atoms with Crippen molar-refractivity contribution in [2.45, 2.75) is 12.8 Å². The number of carbonyl (C=O) groups is 2. The summed E-state index contributed by atoms with van der Waals surface area (Å²) < 4.78 is 0. The van der Waals surface area contributed by atoms with Gasteiger partial charge in [-0.05, 0) is 39.2 Å². The van der Waals surface area contributed by atoms with Gasteiger partial charge in [-0.25, -0.2) is 0 Å². The number of hydrogen-bond acceptors (Lipinski definition) is 4. The van der Waals surface area contributed by atoms with Crippen molar-refractivity contribution >= 4 is 28.4 Å². The van der Waals surface area contributed by atoms with Gasteiger partial charge in [0.15, 0.2) is 0 Å². The van der Waals surface area contributed by atoms with Crippen molar-refractivity contribution in [2.24, 2.45) is 5.92 Å². The highest BCUT2D eigenvalue weighted by Crippen LogP contribution is 2.24. The molecule has 2 aromatic rings. The first-order chi connectivity index (χ1) is 12.0. The van der Waals surface area contributed by atoms with Gasteiger partial charge in [0.1, 0.15) is 0 Å². The standard InChI is InChI=1S/C19H24N4O2/c1-22(2)10-5-11-23-13-15(12-17(23)24)19(25)21-16-8-3-6-14-7-4-9-20-18(14)16/h3-4,6-9,15H,5,10-13H2,1-2H3,(H,21,25). The molecule has 1 aliphatic rings. The minimum Gasteiger partial charge on any atom is -0.342 e. The van der Waals surface area contributed by atoms with Gasteiger partial charge >= 0.3 is 0 Å². The van der Waals surface area contributed by atoms with Crippen LogP contribution in [0.25, 0.3) is 10.9 Å². The maximum Gasteiger partial charge on any atom is 0.229 e. The van der Waals surface area contributed by atoms with Gasteiger partial charge in [-0.2, -0.15) is 0 Å². The van der Waals surface area contributed by atoms with E-state index >= 15 is 0 Å². The zero-order chi connectivity index (χ0) is 17.8. The van der Waals surface area contributed by atoms with Crippen LogP contribution in [-0.4, -0.2) is 60.3 Å². The summed E-state index contributed by atoms with van der Waals surface area (Å²) in [5, 5.41) is 3.93. The van der Waals surface area contributed by atoms with Gasteiger partial charge in [-0.3, -0.25) is 14.6 Å². The number of benzene rings is 1. The third kappa shape index (κ3) is 4.14. The average molecular weight is 340 g/mol. The molecule has 1 fully saturated rings. The van der Waals surface area contributed by atoms with Crippen molar-refractivity contribution in [3.8, 4) is 0 Å². The van der Waals surface area contributed by atoms with E-state index in [1.54, 1.807) is 11.1 Å². The summed E-state index contributed by atoms with van der Waals surface area (Å²) >= 11 is 0. The van der Waals surface area contributed by atoms with Gasteiger partial charge in [-0.1, -0.05) is 18.2 Å². The van der Waals surface area contributed by atoms with Gasteiger partial charge in [0.2, 0.25) is 11.8 Å². The largest absolute Gasteiger partial charge is 0.342 e. The number of aromatic nitrogens is 1. The molecule has 1 aliphatic heterocycles. The van der Waals surface area contributed by atoms with Crippen molar-refractivity contribution in [1.82, 2.24) is 14.8 Å². The van der Waals surface area contributed by atoms with Crippen LogP contribution in [0.1, 0.15) is 12.8 Å². The van der Waals surface area contributed by atoms with E-state index in [0.29, 0.717) is 18.8 Å². The first kappa shape index (κ1) is 17.4. The summed E-state index contributed by atoms with van der Waals surface area (Å²) in [7, 11) is 4.03. The van der Waals surface area contributed by atoms with Gasteiger partial charge in [0.05, 0.1) is 17.1 Å². The zero-order valence-corrected chi connectivity index (χ0v) is 14.7. The number of carbonyl (C=O) groups excluding carboxylic acids is 2. The molecule has 0 radical (unpaired) electrons. The lowest BCUT2D eigenvalue weighted by Gasteiger charge is -2.18. The number of fused-ring (bicyclic) bond motifs is 1. The Labute approximate surface area is 147 Å². The van der Waals surface area contributed by atoms with Crippen LogP contribution >= 0.6 is 0 Å². The van der Waals surface area contributed by atoms with E-state index in [-0.39, 0.29) is 24.2 Å². The predicted molar refractivity (Wildman–Crippen MR) is 98.2 cm³/mol. The van der Waals surface area contributed by atoms with E-state index in [4.69, 9.17) is 0 Å². The molecule has 2 heterocycles. The topological polar surface area (TPSA) is 65.5 Å². The van der Waals surface area contributed by atoms with Crippen molar-refractivity contribution in [3.05, 3.63) is 36.5 Å². The molecule has 25 heavy (non-hydrogen) atoms. The third-order valence-corrected chi connectivity index (χ3v) is 4.51. The van der Waals surface area contributed by atoms with Gasteiger partial charge in [0.25, 0.3) is 0 Å². The Kier molecular flexibility index (Phi) is 5.28. The normalized spacial score (nSPS) is 17.5. The number of nitrogens with one attached hydrogen (secondary N) is 1. The number of nitrogens with zero attached hydrogens (tertiary/aromatic N) is 3. The first-order valence-electron chi connectivity index (χ1n) is 8.61. The highest BCUT2D eigenvalue weighted by molar-refractivity contribution is 6.02. The molecule has 1 N–H and O–H groups in total. The van der Waals surface area contributed by atoms with Crippen molar-refractivity contribution in [1.29, 1.82) is 0 Å². The second-order valence-electron chi connectivity index (χ2n) is 6.77. The summed E-state index contributed by atoms with van der Waals surface area (Å²) in [5.74, 6) is -0.345. The second-order valence-corrected chi connectivity index (χ2v) is 6.77. The Morgan fingerprint density at radius 3 is 2.92 bits per heavy atom. The number of anilines is 1. The zero-order valence-electron chi connectivity index (χ0n) is 14.7. The lowest BCUT2D eigenvalue weighted by atomic mass is 10.1. The Bertz CT molecular complexity index is 770. The van der Waals surface area contributed by atoms with Crippen LogP contribution in [0.15, 0.2) is 36.5 Å². The molecule has 1 aromatic heterocycles. The highest BCUT2D eigenvalue weighted by atomic mass is 16.2. The maximum absolute atomic E-state index is 12.6. The van der Waals surface area contributed by atoms with Crippen LogP contribution in [0.4, 0.5) is 5.69 Å². The Morgan fingerprint density at radius 1 is 1.32 bits per heavy atom. The van der Waals surface area contributed by atoms with E-state index in [0.717, 1.165) is 23.9 Å². The van der Waals surface area contributed by atoms with Gasteiger partial charge in [-0.15, -0.1) is 0 Å². The molecular weight excluding hydrogens is 316 g/mol. The Morgan fingerprint density at radius 2 is 2.12 bits per heavy atom.